The van der Waals surface area contributed by atoms with Crippen molar-refractivity contribution < 1.29 is 18.4 Å². The van der Waals surface area contributed by atoms with Crippen LogP contribution in [0.4, 0.5) is 0 Å². The van der Waals surface area contributed by atoms with Gasteiger partial charge in [0.2, 0.25) is 0 Å². The Bertz CT molecular complexity index is 512. The van der Waals surface area contributed by atoms with Gasteiger partial charge < -0.3 is 13.6 Å². The first-order valence-corrected chi connectivity index (χ1v) is 11.1. The lowest BCUT2D eigenvalue weighted by Crippen LogP contribution is -2.42. The number of hydrogen-bond acceptors (Lipinski definition) is 4. The smallest absolute Gasteiger partial charge is 0.336 e. The predicted molar refractivity (Wildman–Crippen MR) is 94.7 cm³/mol. The Balaban J connectivity index is 2.94. The first-order valence-electron chi connectivity index (χ1n) is 8.16. The van der Waals surface area contributed by atoms with Crippen LogP contribution in [0.25, 0.3) is 0 Å². The number of carbonyl (C=O) groups excluding carboxylic acids is 1. The highest BCUT2D eigenvalue weighted by molar-refractivity contribution is 6.74. The van der Waals surface area contributed by atoms with Crippen molar-refractivity contribution in [3.05, 3.63) is 36.3 Å². The number of unbranched alkanes of at least 4 members (excludes halogenated alkanes) is 1. The number of ether oxygens (including phenoxy) is 1. The molecule has 0 saturated carbocycles. The van der Waals surface area contributed by atoms with Gasteiger partial charge in [0.05, 0.1) is 24.7 Å². The van der Waals surface area contributed by atoms with E-state index in [9.17, 15) is 4.79 Å². The Morgan fingerprint density at radius 1 is 1.39 bits per heavy atom. The lowest BCUT2D eigenvalue weighted by atomic mass is 10.1. The van der Waals surface area contributed by atoms with E-state index in [0.717, 1.165) is 18.4 Å². The topological polar surface area (TPSA) is 48.7 Å². The van der Waals surface area contributed by atoms with Crippen LogP contribution in [0, 0.1) is 0 Å². The lowest BCUT2D eigenvalue weighted by Gasteiger charge is -2.39. The first-order chi connectivity index (χ1) is 10.6. The molecule has 5 heteroatoms. The van der Waals surface area contributed by atoms with Crippen molar-refractivity contribution in [1.29, 1.82) is 0 Å². The van der Waals surface area contributed by atoms with Crippen molar-refractivity contribution in [3.63, 3.8) is 0 Å². The molecule has 0 radical (unpaired) electrons. The second kappa shape index (κ2) is 7.97. The molecule has 1 atom stereocenters. The van der Waals surface area contributed by atoms with E-state index in [1.54, 1.807) is 12.5 Å². The van der Waals surface area contributed by atoms with Crippen LogP contribution >= 0.6 is 0 Å². The minimum absolute atomic E-state index is 0.0291. The molecule has 0 fully saturated rings. The molecule has 23 heavy (non-hydrogen) atoms. The van der Waals surface area contributed by atoms with Crippen LogP contribution < -0.4 is 0 Å². The minimum Gasteiger partial charge on any atom is -0.472 e. The van der Waals surface area contributed by atoms with Crippen LogP contribution in [0.2, 0.25) is 18.1 Å². The van der Waals surface area contributed by atoms with Gasteiger partial charge >= 0.3 is 5.97 Å². The molecule has 0 amide bonds. The molecule has 0 saturated heterocycles. The van der Waals surface area contributed by atoms with Crippen LogP contribution in [-0.4, -0.2) is 20.9 Å². The molecule has 0 aliphatic carbocycles. The third kappa shape index (κ3) is 5.36. The second-order valence-corrected chi connectivity index (χ2v) is 12.1. The predicted octanol–water partition coefficient (Wildman–Crippen LogP) is 5.24. The Labute approximate surface area is 141 Å². The molecule has 1 aromatic heterocycles. The van der Waals surface area contributed by atoms with Crippen molar-refractivity contribution >= 4 is 14.3 Å². The van der Waals surface area contributed by atoms with Gasteiger partial charge in [0, 0.05) is 5.56 Å². The average Bonchev–Trinajstić information content (AvgIpc) is 2.97. The number of carbonyl (C=O) groups is 1. The molecule has 130 valence electrons. The summed E-state index contributed by atoms with van der Waals surface area (Å²) < 4.78 is 16.9. The summed E-state index contributed by atoms with van der Waals surface area (Å²) in [6.07, 6.45) is 4.47. The van der Waals surface area contributed by atoms with E-state index in [2.05, 4.69) is 47.4 Å². The molecule has 0 N–H and O–H groups in total. The highest BCUT2D eigenvalue weighted by Gasteiger charge is 2.41. The third-order valence-corrected chi connectivity index (χ3v) is 8.81. The quantitative estimate of drug-likeness (QED) is 0.281. The summed E-state index contributed by atoms with van der Waals surface area (Å²) >= 11 is 0. The summed E-state index contributed by atoms with van der Waals surface area (Å²) in [6.45, 7) is 17.2. The number of hydrogen-bond donors (Lipinski definition) is 0. The van der Waals surface area contributed by atoms with E-state index in [4.69, 9.17) is 13.6 Å². The van der Waals surface area contributed by atoms with Gasteiger partial charge in [-0.2, -0.15) is 0 Å². The van der Waals surface area contributed by atoms with Crippen molar-refractivity contribution in [2.75, 3.05) is 6.61 Å². The minimum atomic E-state index is -2.08. The van der Waals surface area contributed by atoms with Crippen LogP contribution in [0.15, 0.2) is 35.2 Å². The monoisotopic (exact) mass is 338 g/mol. The van der Waals surface area contributed by atoms with Gasteiger partial charge in [0.1, 0.15) is 6.10 Å². The Kier molecular flexibility index (Phi) is 6.83. The highest BCUT2D eigenvalue weighted by Crippen LogP contribution is 2.41. The molecular formula is C18H30O4Si. The third-order valence-electron chi connectivity index (χ3n) is 4.37. The van der Waals surface area contributed by atoms with Crippen LogP contribution in [-0.2, 0) is 14.0 Å². The molecule has 0 spiro atoms. The van der Waals surface area contributed by atoms with Crippen molar-refractivity contribution in [1.82, 2.24) is 0 Å². The fourth-order valence-electron chi connectivity index (χ4n) is 1.74. The van der Waals surface area contributed by atoms with E-state index < -0.39 is 20.4 Å². The van der Waals surface area contributed by atoms with E-state index in [0.29, 0.717) is 12.2 Å². The molecular weight excluding hydrogens is 308 g/mol. The summed E-state index contributed by atoms with van der Waals surface area (Å²) in [5.74, 6) is -0.400. The molecule has 4 nitrogen and oxygen atoms in total. The van der Waals surface area contributed by atoms with Crippen molar-refractivity contribution in [3.8, 4) is 0 Å². The molecule has 1 rings (SSSR count). The highest BCUT2D eigenvalue weighted by atomic mass is 28.4. The van der Waals surface area contributed by atoms with Gasteiger partial charge in [-0.15, -0.1) is 0 Å². The zero-order valence-corrected chi connectivity index (χ0v) is 16.3. The fourth-order valence-corrected chi connectivity index (χ4v) is 2.97. The average molecular weight is 339 g/mol. The van der Waals surface area contributed by atoms with E-state index in [-0.39, 0.29) is 5.04 Å². The van der Waals surface area contributed by atoms with Gasteiger partial charge in [-0.3, -0.25) is 0 Å². The fraction of sp³-hybridized carbons (Fsp3) is 0.611. The summed E-state index contributed by atoms with van der Waals surface area (Å²) in [7, 11) is -2.08. The summed E-state index contributed by atoms with van der Waals surface area (Å²) in [5, 5.41) is 0.0291. The van der Waals surface area contributed by atoms with Gasteiger partial charge in [0.25, 0.3) is 0 Å². The largest absolute Gasteiger partial charge is 0.472 e. The summed E-state index contributed by atoms with van der Waals surface area (Å²) in [5.41, 5.74) is 1.12. The van der Waals surface area contributed by atoms with E-state index >= 15 is 0 Å². The number of rotatable bonds is 8. The Morgan fingerprint density at radius 3 is 2.52 bits per heavy atom. The summed E-state index contributed by atoms with van der Waals surface area (Å²) in [4.78, 5) is 12.3. The summed E-state index contributed by atoms with van der Waals surface area (Å²) in [6, 6.07) is 1.81. The van der Waals surface area contributed by atoms with Gasteiger partial charge in [-0.1, -0.05) is 40.7 Å². The van der Waals surface area contributed by atoms with Gasteiger partial charge in [0.15, 0.2) is 8.32 Å². The lowest BCUT2D eigenvalue weighted by molar-refractivity contribution is -0.140. The van der Waals surface area contributed by atoms with Crippen molar-refractivity contribution in [2.24, 2.45) is 0 Å². The van der Waals surface area contributed by atoms with E-state index in [1.807, 2.05) is 6.07 Å². The van der Waals surface area contributed by atoms with Crippen LogP contribution in [0.1, 0.15) is 52.2 Å². The molecule has 1 aromatic rings. The second-order valence-electron chi connectivity index (χ2n) is 7.33. The zero-order chi connectivity index (χ0) is 17.7. The Morgan fingerprint density at radius 2 is 2.04 bits per heavy atom. The zero-order valence-electron chi connectivity index (χ0n) is 15.3. The normalized spacial score (nSPS) is 13.7. The molecule has 1 unspecified atom stereocenters. The van der Waals surface area contributed by atoms with Crippen LogP contribution in [0.5, 0.6) is 0 Å². The van der Waals surface area contributed by atoms with E-state index in [1.165, 1.54) is 0 Å². The SMILES string of the molecule is C=C(C(=O)OCCCC)C(O[Si](C)(C)C(C)(C)C)c1ccoc1. The van der Waals surface area contributed by atoms with Gasteiger partial charge in [-0.25, -0.2) is 4.79 Å². The molecule has 0 bridgehead atoms. The maximum Gasteiger partial charge on any atom is 0.336 e. The molecule has 0 aliphatic rings. The molecule has 0 aromatic carbocycles. The first kappa shape index (κ1) is 19.7. The maximum absolute atomic E-state index is 12.3. The Hall–Kier alpha value is -1.33. The standard InChI is InChI=1S/C18H30O4Si/c1-8-9-11-21-17(19)14(2)16(15-10-12-20-13-15)22-23(6,7)18(3,4)5/h10,12-13,16H,2,8-9,11H2,1,3-7H3. The van der Waals surface area contributed by atoms with Crippen molar-refractivity contribution in [2.45, 2.75) is 64.8 Å². The number of esters is 1. The van der Waals surface area contributed by atoms with Crippen LogP contribution in [0.3, 0.4) is 0 Å². The number of furan rings is 1. The molecule has 1 heterocycles. The maximum atomic E-state index is 12.3. The molecule has 0 aliphatic heterocycles. The van der Waals surface area contributed by atoms with Gasteiger partial charge in [-0.05, 0) is 30.6 Å².